The standard InChI is InChI=1S/C12H17ClN4/c1-8-14-11(17(15-8)12(2,3)4)10-6-9(13)7-16(10)5/h6-7H,1-5H3. The Labute approximate surface area is 106 Å². The number of aryl methyl sites for hydroxylation is 2. The molecular weight excluding hydrogens is 236 g/mol. The molecule has 0 aliphatic carbocycles. The molecule has 92 valence electrons. The molecule has 2 heterocycles. The van der Waals surface area contributed by atoms with Crippen LogP contribution < -0.4 is 0 Å². The third kappa shape index (κ3) is 2.22. The maximum Gasteiger partial charge on any atom is 0.175 e. The summed E-state index contributed by atoms with van der Waals surface area (Å²) in [5.41, 5.74) is 0.874. The van der Waals surface area contributed by atoms with E-state index in [2.05, 4.69) is 30.9 Å². The van der Waals surface area contributed by atoms with E-state index in [0.717, 1.165) is 17.3 Å². The summed E-state index contributed by atoms with van der Waals surface area (Å²) in [5, 5.41) is 5.17. The summed E-state index contributed by atoms with van der Waals surface area (Å²) >= 11 is 6.01. The SMILES string of the molecule is Cc1nc(-c2cc(Cl)cn2C)n(C(C)(C)C)n1. The van der Waals surface area contributed by atoms with Gasteiger partial charge >= 0.3 is 0 Å². The van der Waals surface area contributed by atoms with Gasteiger partial charge < -0.3 is 4.57 Å². The highest BCUT2D eigenvalue weighted by atomic mass is 35.5. The van der Waals surface area contributed by atoms with Crippen LogP contribution in [0.1, 0.15) is 26.6 Å². The van der Waals surface area contributed by atoms with Gasteiger partial charge in [-0.15, -0.1) is 0 Å². The molecule has 0 aliphatic heterocycles. The second kappa shape index (κ2) is 3.88. The first-order valence-electron chi connectivity index (χ1n) is 5.55. The molecule has 2 rings (SSSR count). The Morgan fingerprint density at radius 2 is 1.94 bits per heavy atom. The van der Waals surface area contributed by atoms with Gasteiger partial charge in [-0.1, -0.05) is 11.6 Å². The monoisotopic (exact) mass is 252 g/mol. The average Bonchev–Trinajstić information content (AvgIpc) is 2.68. The predicted molar refractivity (Wildman–Crippen MR) is 69.2 cm³/mol. The van der Waals surface area contributed by atoms with Crippen LogP contribution in [0.3, 0.4) is 0 Å². The zero-order valence-corrected chi connectivity index (χ0v) is 11.6. The van der Waals surface area contributed by atoms with Crippen LogP contribution in [-0.4, -0.2) is 19.3 Å². The van der Waals surface area contributed by atoms with Crippen molar-refractivity contribution in [2.24, 2.45) is 7.05 Å². The van der Waals surface area contributed by atoms with Gasteiger partial charge in [0.1, 0.15) is 5.82 Å². The number of aromatic nitrogens is 4. The molecule has 0 aromatic carbocycles. The van der Waals surface area contributed by atoms with Crippen LogP contribution in [0.25, 0.3) is 11.5 Å². The smallest absolute Gasteiger partial charge is 0.175 e. The van der Waals surface area contributed by atoms with Crippen LogP contribution in [-0.2, 0) is 12.6 Å². The molecule has 0 aliphatic rings. The second-order valence-electron chi connectivity index (χ2n) is 5.22. The molecule has 0 amide bonds. The van der Waals surface area contributed by atoms with E-state index in [4.69, 9.17) is 11.6 Å². The summed E-state index contributed by atoms with van der Waals surface area (Å²) in [7, 11) is 1.96. The molecule has 2 aromatic rings. The quantitative estimate of drug-likeness (QED) is 0.782. The Hall–Kier alpha value is -1.29. The van der Waals surface area contributed by atoms with Gasteiger partial charge in [0.15, 0.2) is 5.82 Å². The van der Waals surface area contributed by atoms with Gasteiger partial charge in [-0.3, -0.25) is 0 Å². The fourth-order valence-corrected chi connectivity index (χ4v) is 2.04. The fourth-order valence-electron chi connectivity index (χ4n) is 1.80. The van der Waals surface area contributed by atoms with Crippen molar-refractivity contribution in [2.75, 3.05) is 0 Å². The van der Waals surface area contributed by atoms with E-state index in [0.29, 0.717) is 5.02 Å². The van der Waals surface area contributed by atoms with E-state index in [-0.39, 0.29) is 5.54 Å². The van der Waals surface area contributed by atoms with E-state index >= 15 is 0 Å². The first-order valence-corrected chi connectivity index (χ1v) is 5.93. The van der Waals surface area contributed by atoms with Crippen molar-refractivity contribution < 1.29 is 0 Å². The van der Waals surface area contributed by atoms with Crippen molar-refractivity contribution in [1.29, 1.82) is 0 Å². The van der Waals surface area contributed by atoms with Crippen LogP contribution in [0.4, 0.5) is 0 Å². The lowest BCUT2D eigenvalue weighted by Gasteiger charge is -2.21. The summed E-state index contributed by atoms with van der Waals surface area (Å²) in [4.78, 5) is 4.49. The molecule has 0 saturated heterocycles. The van der Waals surface area contributed by atoms with Gasteiger partial charge in [0, 0.05) is 13.2 Å². The van der Waals surface area contributed by atoms with Crippen molar-refractivity contribution in [3.8, 4) is 11.5 Å². The lowest BCUT2D eigenvalue weighted by molar-refractivity contribution is 0.357. The molecule has 0 fully saturated rings. The van der Waals surface area contributed by atoms with E-state index in [1.54, 1.807) is 0 Å². The zero-order chi connectivity index (χ0) is 12.8. The minimum Gasteiger partial charge on any atom is -0.346 e. The molecule has 0 spiro atoms. The minimum absolute atomic E-state index is 0.104. The fraction of sp³-hybridized carbons (Fsp3) is 0.500. The molecule has 0 N–H and O–H groups in total. The van der Waals surface area contributed by atoms with Gasteiger partial charge in [-0.05, 0) is 33.8 Å². The van der Waals surface area contributed by atoms with Crippen molar-refractivity contribution >= 4 is 11.6 Å². The Bertz CT molecular complexity index is 545. The molecule has 0 unspecified atom stereocenters. The number of hydrogen-bond donors (Lipinski definition) is 0. The third-order valence-corrected chi connectivity index (χ3v) is 2.76. The first kappa shape index (κ1) is 12.2. The van der Waals surface area contributed by atoms with Gasteiger partial charge in [0.25, 0.3) is 0 Å². The van der Waals surface area contributed by atoms with Crippen LogP contribution in [0, 0.1) is 6.92 Å². The van der Waals surface area contributed by atoms with Crippen molar-refractivity contribution in [2.45, 2.75) is 33.2 Å². The van der Waals surface area contributed by atoms with Crippen LogP contribution in [0.15, 0.2) is 12.3 Å². The van der Waals surface area contributed by atoms with E-state index < -0.39 is 0 Å². The van der Waals surface area contributed by atoms with Crippen LogP contribution in [0.2, 0.25) is 5.02 Å². The lowest BCUT2D eigenvalue weighted by atomic mass is 10.1. The summed E-state index contributed by atoms with van der Waals surface area (Å²) < 4.78 is 3.90. The normalized spacial score (nSPS) is 12.1. The maximum absolute atomic E-state index is 6.01. The van der Waals surface area contributed by atoms with Gasteiger partial charge in [-0.2, -0.15) is 5.10 Å². The highest BCUT2D eigenvalue weighted by molar-refractivity contribution is 6.30. The van der Waals surface area contributed by atoms with Crippen LogP contribution in [0.5, 0.6) is 0 Å². The number of halogens is 1. The second-order valence-corrected chi connectivity index (χ2v) is 5.66. The highest BCUT2D eigenvalue weighted by Crippen LogP contribution is 2.26. The molecule has 0 radical (unpaired) electrons. The summed E-state index contributed by atoms with van der Waals surface area (Å²) in [6.45, 7) is 8.22. The third-order valence-electron chi connectivity index (χ3n) is 2.55. The van der Waals surface area contributed by atoms with Gasteiger partial charge in [0.2, 0.25) is 0 Å². The Balaban J connectivity index is 2.63. The Morgan fingerprint density at radius 3 is 2.41 bits per heavy atom. The minimum atomic E-state index is -0.104. The van der Waals surface area contributed by atoms with E-state index in [9.17, 15) is 0 Å². The highest BCUT2D eigenvalue weighted by Gasteiger charge is 2.22. The maximum atomic E-state index is 6.01. The zero-order valence-electron chi connectivity index (χ0n) is 10.8. The first-order chi connectivity index (χ1) is 7.79. The Morgan fingerprint density at radius 1 is 1.29 bits per heavy atom. The molecule has 4 nitrogen and oxygen atoms in total. The molecular formula is C12H17ClN4. The molecule has 0 atom stereocenters. The van der Waals surface area contributed by atoms with Gasteiger partial charge in [-0.25, -0.2) is 9.67 Å². The largest absolute Gasteiger partial charge is 0.346 e. The lowest BCUT2D eigenvalue weighted by Crippen LogP contribution is -2.24. The van der Waals surface area contributed by atoms with Crippen molar-refractivity contribution in [3.63, 3.8) is 0 Å². The molecule has 2 aromatic heterocycles. The molecule has 5 heteroatoms. The average molecular weight is 253 g/mol. The van der Waals surface area contributed by atoms with Gasteiger partial charge in [0.05, 0.1) is 16.3 Å². The van der Waals surface area contributed by atoms with E-state index in [1.807, 2.05) is 35.5 Å². The Kier molecular flexibility index (Phi) is 2.78. The van der Waals surface area contributed by atoms with Crippen molar-refractivity contribution in [1.82, 2.24) is 19.3 Å². The molecule has 17 heavy (non-hydrogen) atoms. The van der Waals surface area contributed by atoms with Crippen LogP contribution >= 0.6 is 11.6 Å². The summed E-state index contributed by atoms with van der Waals surface area (Å²) in [5.74, 6) is 1.62. The van der Waals surface area contributed by atoms with Crippen molar-refractivity contribution in [3.05, 3.63) is 23.1 Å². The summed E-state index contributed by atoms with van der Waals surface area (Å²) in [6.07, 6.45) is 1.87. The number of nitrogens with zero attached hydrogens (tertiary/aromatic N) is 4. The number of hydrogen-bond acceptors (Lipinski definition) is 2. The van der Waals surface area contributed by atoms with E-state index in [1.165, 1.54) is 0 Å². The summed E-state index contributed by atoms with van der Waals surface area (Å²) in [6, 6.07) is 1.91. The molecule has 0 saturated carbocycles. The number of rotatable bonds is 1. The molecule has 0 bridgehead atoms. The topological polar surface area (TPSA) is 35.6 Å². The predicted octanol–water partition coefficient (Wildman–Crippen LogP) is 3.00.